The molecule has 0 saturated carbocycles. The van der Waals surface area contributed by atoms with Crippen molar-refractivity contribution < 1.29 is 19.0 Å². The Kier molecular flexibility index (Phi) is 5.56. The lowest BCUT2D eigenvalue weighted by molar-refractivity contribution is -0.113. The SMILES string of the molecule is COc1cc(OC)c(OC)cc1/C=C1\NC(=S)N(c2ccc(C)cc2C)C1=O. The molecule has 1 amide bonds. The van der Waals surface area contributed by atoms with E-state index < -0.39 is 0 Å². The van der Waals surface area contributed by atoms with Gasteiger partial charge in [0.05, 0.1) is 27.0 Å². The van der Waals surface area contributed by atoms with E-state index in [0.717, 1.165) is 16.8 Å². The van der Waals surface area contributed by atoms with Gasteiger partial charge in [0, 0.05) is 11.6 Å². The van der Waals surface area contributed by atoms with Crippen LogP contribution in [-0.2, 0) is 4.79 Å². The molecule has 0 aromatic heterocycles. The lowest BCUT2D eigenvalue weighted by Crippen LogP contribution is -2.30. The highest BCUT2D eigenvalue weighted by molar-refractivity contribution is 7.80. The quantitative estimate of drug-likeness (QED) is 0.614. The largest absolute Gasteiger partial charge is 0.496 e. The van der Waals surface area contributed by atoms with E-state index in [-0.39, 0.29) is 5.91 Å². The van der Waals surface area contributed by atoms with Crippen LogP contribution < -0.4 is 24.4 Å². The summed E-state index contributed by atoms with van der Waals surface area (Å²) >= 11 is 5.41. The molecule has 1 heterocycles. The van der Waals surface area contributed by atoms with Crippen LogP contribution in [0.5, 0.6) is 17.2 Å². The Hall–Kier alpha value is -3.06. The van der Waals surface area contributed by atoms with Gasteiger partial charge in [0.1, 0.15) is 11.4 Å². The summed E-state index contributed by atoms with van der Waals surface area (Å²) < 4.78 is 16.1. The summed E-state index contributed by atoms with van der Waals surface area (Å²) in [5.41, 5.74) is 3.88. The molecule has 7 heteroatoms. The van der Waals surface area contributed by atoms with Crippen molar-refractivity contribution in [1.82, 2.24) is 5.32 Å². The molecular weight excluding hydrogens is 376 g/mol. The molecule has 1 aliphatic rings. The number of anilines is 1. The van der Waals surface area contributed by atoms with Crippen molar-refractivity contribution in [1.29, 1.82) is 0 Å². The van der Waals surface area contributed by atoms with E-state index in [4.69, 9.17) is 26.4 Å². The first-order valence-electron chi connectivity index (χ1n) is 8.64. The number of carbonyl (C=O) groups is 1. The first kappa shape index (κ1) is 19.7. The van der Waals surface area contributed by atoms with Gasteiger partial charge in [0.2, 0.25) is 0 Å². The zero-order valence-corrected chi connectivity index (χ0v) is 17.3. The van der Waals surface area contributed by atoms with Crippen LogP contribution in [-0.4, -0.2) is 32.3 Å². The fourth-order valence-corrected chi connectivity index (χ4v) is 3.42. The van der Waals surface area contributed by atoms with E-state index in [0.29, 0.717) is 33.6 Å². The minimum atomic E-state index is -0.228. The maximum Gasteiger partial charge on any atom is 0.281 e. The third-order valence-electron chi connectivity index (χ3n) is 4.51. The predicted octanol–water partition coefficient (Wildman–Crippen LogP) is 3.59. The monoisotopic (exact) mass is 398 g/mol. The fraction of sp³-hybridized carbons (Fsp3) is 0.238. The normalized spacial score (nSPS) is 15.0. The van der Waals surface area contributed by atoms with Gasteiger partial charge in [-0.2, -0.15) is 0 Å². The van der Waals surface area contributed by atoms with Crippen LogP contribution in [0.15, 0.2) is 36.0 Å². The summed E-state index contributed by atoms with van der Waals surface area (Å²) in [5.74, 6) is 1.40. The lowest BCUT2D eigenvalue weighted by Gasteiger charge is -2.17. The molecule has 0 bridgehead atoms. The summed E-state index contributed by atoms with van der Waals surface area (Å²) in [5, 5.41) is 3.34. The van der Waals surface area contributed by atoms with Crippen LogP contribution in [0.3, 0.4) is 0 Å². The van der Waals surface area contributed by atoms with E-state index in [1.807, 2.05) is 32.0 Å². The van der Waals surface area contributed by atoms with Crippen molar-refractivity contribution in [3.8, 4) is 17.2 Å². The van der Waals surface area contributed by atoms with Crippen LogP contribution in [0.25, 0.3) is 6.08 Å². The van der Waals surface area contributed by atoms with Gasteiger partial charge in [-0.05, 0) is 49.8 Å². The first-order valence-corrected chi connectivity index (χ1v) is 9.04. The highest BCUT2D eigenvalue weighted by Gasteiger charge is 2.33. The number of methoxy groups -OCH3 is 3. The standard InChI is InChI=1S/C21H22N2O4S/c1-12-6-7-16(13(2)8-12)23-20(24)15(22-21(23)28)9-14-10-18(26-4)19(27-5)11-17(14)25-3/h6-11H,1-5H3,(H,22,28)/b15-9-. The molecule has 2 aromatic carbocycles. The van der Waals surface area contributed by atoms with Crippen LogP contribution in [0.1, 0.15) is 16.7 Å². The number of nitrogens with zero attached hydrogens (tertiary/aromatic N) is 1. The van der Waals surface area contributed by atoms with Gasteiger partial charge in [0.25, 0.3) is 5.91 Å². The van der Waals surface area contributed by atoms with E-state index in [1.165, 1.54) is 4.90 Å². The van der Waals surface area contributed by atoms with Gasteiger partial charge >= 0.3 is 0 Å². The van der Waals surface area contributed by atoms with Gasteiger partial charge in [-0.25, -0.2) is 0 Å². The lowest BCUT2D eigenvalue weighted by atomic mass is 10.1. The molecular formula is C21H22N2O4S. The Morgan fingerprint density at radius 3 is 2.21 bits per heavy atom. The number of nitrogens with one attached hydrogen (secondary N) is 1. The predicted molar refractivity (Wildman–Crippen MR) is 113 cm³/mol. The second-order valence-corrected chi connectivity index (χ2v) is 6.75. The maximum atomic E-state index is 13.0. The van der Waals surface area contributed by atoms with Gasteiger partial charge in [-0.1, -0.05) is 17.7 Å². The minimum absolute atomic E-state index is 0.228. The van der Waals surface area contributed by atoms with E-state index >= 15 is 0 Å². The first-order chi connectivity index (χ1) is 13.4. The van der Waals surface area contributed by atoms with Crippen molar-refractivity contribution in [3.05, 3.63) is 52.7 Å². The number of rotatable bonds is 5. The number of hydrogen-bond acceptors (Lipinski definition) is 5. The molecule has 6 nitrogen and oxygen atoms in total. The summed E-state index contributed by atoms with van der Waals surface area (Å²) in [6.07, 6.45) is 1.69. The molecule has 1 fully saturated rings. The average Bonchev–Trinajstić information content (AvgIpc) is 2.95. The molecule has 1 aliphatic heterocycles. The summed E-state index contributed by atoms with van der Waals surface area (Å²) in [6, 6.07) is 9.34. The molecule has 3 rings (SSSR count). The number of amides is 1. The third-order valence-corrected chi connectivity index (χ3v) is 4.79. The molecule has 1 N–H and O–H groups in total. The zero-order valence-electron chi connectivity index (χ0n) is 16.5. The number of carbonyl (C=O) groups excluding carboxylic acids is 1. The number of aryl methyl sites for hydroxylation is 2. The molecule has 28 heavy (non-hydrogen) atoms. The molecule has 0 unspecified atom stereocenters. The topological polar surface area (TPSA) is 60.0 Å². The van der Waals surface area contributed by atoms with Gasteiger partial charge in [-0.15, -0.1) is 0 Å². The average molecular weight is 398 g/mol. The maximum absolute atomic E-state index is 13.0. The van der Waals surface area contributed by atoms with Crippen molar-refractivity contribution in [2.24, 2.45) is 0 Å². The molecule has 2 aromatic rings. The van der Waals surface area contributed by atoms with Crippen LogP contribution in [0.4, 0.5) is 5.69 Å². The van der Waals surface area contributed by atoms with Crippen molar-refractivity contribution >= 4 is 35.0 Å². The second kappa shape index (κ2) is 7.90. The van der Waals surface area contributed by atoms with Crippen molar-refractivity contribution in [3.63, 3.8) is 0 Å². The fourth-order valence-electron chi connectivity index (χ4n) is 3.13. The second-order valence-electron chi connectivity index (χ2n) is 6.37. The Morgan fingerprint density at radius 2 is 1.61 bits per heavy atom. The third kappa shape index (κ3) is 3.53. The molecule has 146 valence electrons. The molecule has 0 radical (unpaired) electrons. The van der Waals surface area contributed by atoms with Crippen LogP contribution in [0, 0.1) is 13.8 Å². The minimum Gasteiger partial charge on any atom is -0.496 e. The highest BCUT2D eigenvalue weighted by atomic mass is 32.1. The molecule has 0 atom stereocenters. The Labute approximate surface area is 169 Å². The van der Waals surface area contributed by atoms with Crippen molar-refractivity contribution in [2.45, 2.75) is 13.8 Å². The van der Waals surface area contributed by atoms with Crippen LogP contribution >= 0.6 is 12.2 Å². The summed E-state index contributed by atoms with van der Waals surface area (Å²) in [6.45, 7) is 3.96. The summed E-state index contributed by atoms with van der Waals surface area (Å²) in [4.78, 5) is 14.5. The molecule has 1 saturated heterocycles. The number of ether oxygens (including phenoxy) is 3. The number of benzene rings is 2. The molecule has 0 aliphatic carbocycles. The number of thiocarbonyl (C=S) groups is 1. The Morgan fingerprint density at radius 1 is 0.964 bits per heavy atom. The van der Waals surface area contributed by atoms with Gasteiger partial charge in [0.15, 0.2) is 16.6 Å². The van der Waals surface area contributed by atoms with Crippen LogP contribution in [0.2, 0.25) is 0 Å². The highest BCUT2D eigenvalue weighted by Crippen LogP contribution is 2.36. The zero-order chi connectivity index (χ0) is 20.4. The molecule has 0 spiro atoms. The number of hydrogen-bond donors (Lipinski definition) is 1. The van der Waals surface area contributed by atoms with E-state index in [1.54, 1.807) is 39.5 Å². The van der Waals surface area contributed by atoms with Crippen molar-refractivity contribution in [2.75, 3.05) is 26.2 Å². The van der Waals surface area contributed by atoms with E-state index in [9.17, 15) is 4.79 Å². The smallest absolute Gasteiger partial charge is 0.281 e. The van der Waals surface area contributed by atoms with E-state index in [2.05, 4.69) is 5.32 Å². The summed E-state index contributed by atoms with van der Waals surface area (Å²) in [7, 11) is 4.66. The van der Waals surface area contributed by atoms with Gasteiger partial charge < -0.3 is 19.5 Å². The Balaban J connectivity index is 2.02. The van der Waals surface area contributed by atoms with Gasteiger partial charge in [-0.3, -0.25) is 9.69 Å². The Bertz CT molecular complexity index is 985.